The molecule has 1 atom stereocenters. The second kappa shape index (κ2) is 5.01. The first-order chi connectivity index (χ1) is 9.81. The van der Waals surface area contributed by atoms with E-state index >= 15 is 0 Å². The van der Waals surface area contributed by atoms with Gasteiger partial charge in [0.25, 0.3) is 0 Å². The molecule has 0 radical (unpaired) electrons. The maximum absolute atomic E-state index is 4.63. The molecule has 104 valence electrons. The van der Waals surface area contributed by atoms with E-state index in [0.29, 0.717) is 6.04 Å². The van der Waals surface area contributed by atoms with Gasteiger partial charge in [-0.3, -0.25) is 4.98 Å². The first kappa shape index (κ1) is 12.6. The van der Waals surface area contributed by atoms with Crippen LogP contribution >= 0.6 is 15.9 Å². The van der Waals surface area contributed by atoms with Crippen LogP contribution in [-0.4, -0.2) is 30.7 Å². The van der Waals surface area contributed by atoms with Gasteiger partial charge in [-0.05, 0) is 46.8 Å². The maximum Gasteiger partial charge on any atom is 0.0936 e. The van der Waals surface area contributed by atoms with Crippen molar-refractivity contribution in [2.45, 2.75) is 18.9 Å². The fourth-order valence-corrected chi connectivity index (χ4v) is 3.53. The summed E-state index contributed by atoms with van der Waals surface area (Å²) in [4.78, 5) is 7.14. The number of hydrogen-bond donors (Lipinski definition) is 1. The number of rotatable bonds is 2. The van der Waals surface area contributed by atoms with Crippen molar-refractivity contribution in [1.82, 2.24) is 10.3 Å². The van der Waals surface area contributed by atoms with E-state index < -0.39 is 0 Å². The molecule has 4 rings (SSSR count). The lowest BCUT2D eigenvalue weighted by atomic mass is 10.1. The summed E-state index contributed by atoms with van der Waals surface area (Å²) in [6.07, 6.45) is 4.69. The van der Waals surface area contributed by atoms with Crippen LogP contribution in [0.3, 0.4) is 0 Å². The topological polar surface area (TPSA) is 28.2 Å². The highest BCUT2D eigenvalue weighted by Crippen LogP contribution is 2.35. The molecule has 2 fully saturated rings. The number of halogens is 1. The predicted octanol–water partition coefficient (Wildman–Crippen LogP) is 3.19. The van der Waals surface area contributed by atoms with Gasteiger partial charge in [0.05, 0.1) is 11.2 Å². The van der Waals surface area contributed by atoms with E-state index in [-0.39, 0.29) is 0 Å². The van der Waals surface area contributed by atoms with Crippen molar-refractivity contribution in [2.24, 2.45) is 5.92 Å². The van der Waals surface area contributed by atoms with E-state index in [1.165, 1.54) is 23.9 Å². The minimum atomic E-state index is 0.662. The number of hydrogen-bond acceptors (Lipinski definition) is 3. The molecule has 2 heterocycles. The quantitative estimate of drug-likeness (QED) is 0.916. The Balaban J connectivity index is 1.70. The molecule has 1 unspecified atom stereocenters. The zero-order chi connectivity index (χ0) is 13.5. The van der Waals surface area contributed by atoms with Crippen LogP contribution in [0.15, 0.2) is 34.9 Å². The fourth-order valence-electron chi connectivity index (χ4n) is 3.18. The molecule has 1 aliphatic carbocycles. The number of piperazine rings is 1. The van der Waals surface area contributed by atoms with Gasteiger partial charge in [0, 0.05) is 41.7 Å². The summed E-state index contributed by atoms with van der Waals surface area (Å²) in [6, 6.07) is 9.29. The van der Waals surface area contributed by atoms with Gasteiger partial charge in [-0.1, -0.05) is 12.1 Å². The monoisotopic (exact) mass is 331 g/mol. The number of aromatic nitrogens is 1. The minimum absolute atomic E-state index is 0.662. The van der Waals surface area contributed by atoms with E-state index in [0.717, 1.165) is 35.5 Å². The minimum Gasteiger partial charge on any atom is -0.367 e. The van der Waals surface area contributed by atoms with Crippen LogP contribution in [0.1, 0.15) is 12.8 Å². The summed E-state index contributed by atoms with van der Waals surface area (Å²) in [5.41, 5.74) is 2.40. The van der Waals surface area contributed by atoms with E-state index in [1.807, 2.05) is 6.20 Å². The normalized spacial score (nSPS) is 23.2. The molecule has 4 heteroatoms. The lowest BCUT2D eigenvalue weighted by molar-refractivity contribution is 0.419. The van der Waals surface area contributed by atoms with Gasteiger partial charge in [-0.15, -0.1) is 0 Å². The lowest BCUT2D eigenvalue weighted by Crippen LogP contribution is -2.51. The van der Waals surface area contributed by atoms with Gasteiger partial charge in [0.2, 0.25) is 0 Å². The van der Waals surface area contributed by atoms with Crippen molar-refractivity contribution in [2.75, 3.05) is 24.5 Å². The van der Waals surface area contributed by atoms with Crippen molar-refractivity contribution in [3.05, 3.63) is 34.9 Å². The van der Waals surface area contributed by atoms with Crippen LogP contribution in [0.4, 0.5) is 5.69 Å². The number of benzene rings is 1. The maximum atomic E-state index is 4.63. The van der Waals surface area contributed by atoms with Crippen LogP contribution in [0.25, 0.3) is 10.9 Å². The Hall–Kier alpha value is -1.13. The molecule has 1 N–H and O–H groups in total. The molecule has 1 saturated carbocycles. The van der Waals surface area contributed by atoms with Gasteiger partial charge in [0.15, 0.2) is 0 Å². The first-order valence-corrected chi connectivity index (χ1v) is 8.13. The van der Waals surface area contributed by atoms with Crippen molar-refractivity contribution in [1.29, 1.82) is 0 Å². The molecule has 2 aliphatic rings. The van der Waals surface area contributed by atoms with Crippen LogP contribution in [0.2, 0.25) is 0 Å². The molecule has 1 aromatic carbocycles. The van der Waals surface area contributed by atoms with E-state index in [2.05, 4.69) is 55.4 Å². The van der Waals surface area contributed by atoms with Crippen LogP contribution < -0.4 is 10.2 Å². The second-order valence-corrected chi connectivity index (χ2v) is 6.76. The van der Waals surface area contributed by atoms with E-state index in [1.54, 1.807) is 0 Å². The van der Waals surface area contributed by atoms with Crippen LogP contribution in [-0.2, 0) is 0 Å². The van der Waals surface area contributed by atoms with Gasteiger partial charge in [-0.2, -0.15) is 0 Å². The summed E-state index contributed by atoms with van der Waals surface area (Å²) >= 11 is 3.50. The number of pyridine rings is 1. The Labute approximate surface area is 127 Å². The Bertz CT molecular complexity index is 639. The van der Waals surface area contributed by atoms with Gasteiger partial charge < -0.3 is 10.2 Å². The Morgan fingerprint density at radius 1 is 1.30 bits per heavy atom. The van der Waals surface area contributed by atoms with Crippen molar-refractivity contribution >= 4 is 32.5 Å². The number of fused-ring (bicyclic) bond motifs is 1. The highest BCUT2D eigenvalue weighted by atomic mass is 79.9. The van der Waals surface area contributed by atoms with Crippen molar-refractivity contribution in [3.63, 3.8) is 0 Å². The SMILES string of the molecule is Brc1cnc2c(N3CCNC(C4CC4)C3)cccc2c1. The van der Waals surface area contributed by atoms with E-state index in [4.69, 9.17) is 0 Å². The standard InChI is InChI=1S/C16H18BrN3/c17-13-8-12-2-1-3-15(16(12)19-9-13)20-7-6-18-14(10-20)11-4-5-11/h1-3,8-9,11,14,18H,4-7,10H2. The molecule has 1 aromatic heterocycles. The van der Waals surface area contributed by atoms with Crippen LogP contribution in [0, 0.1) is 5.92 Å². The molecule has 1 saturated heterocycles. The number of para-hydroxylation sites is 1. The third kappa shape index (κ3) is 2.31. The number of anilines is 1. The highest BCUT2D eigenvalue weighted by molar-refractivity contribution is 9.10. The third-order valence-corrected chi connectivity index (χ3v) is 4.83. The molecular formula is C16H18BrN3. The molecular weight excluding hydrogens is 314 g/mol. The van der Waals surface area contributed by atoms with Crippen LogP contribution in [0.5, 0.6) is 0 Å². The summed E-state index contributed by atoms with van der Waals surface area (Å²) < 4.78 is 1.04. The molecule has 2 aromatic rings. The Kier molecular flexibility index (Phi) is 3.15. The van der Waals surface area contributed by atoms with Gasteiger partial charge >= 0.3 is 0 Å². The Morgan fingerprint density at radius 3 is 3.05 bits per heavy atom. The molecule has 1 aliphatic heterocycles. The number of nitrogens with zero attached hydrogens (tertiary/aromatic N) is 2. The summed E-state index contributed by atoms with van der Waals surface area (Å²) in [5, 5.41) is 4.88. The van der Waals surface area contributed by atoms with Gasteiger partial charge in [0.1, 0.15) is 0 Å². The smallest absolute Gasteiger partial charge is 0.0936 e. The molecule has 0 bridgehead atoms. The second-order valence-electron chi connectivity index (χ2n) is 5.85. The summed E-state index contributed by atoms with van der Waals surface area (Å²) in [7, 11) is 0. The van der Waals surface area contributed by atoms with Crippen molar-refractivity contribution in [3.8, 4) is 0 Å². The molecule has 0 spiro atoms. The predicted molar refractivity (Wildman–Crippen MR) is 86.2 cm³/mol. The zero-order valence-electron chi connectivity index (χ0n) is 11.3. The fraction of sp³-hybridized carbons (Fsp3) is 0.438. The molecule has 0 amide bonds. The zero-order valence-corrected chi connectivity index (χ0v) is 12.9. The largest absolute Gasteiger partial charge is 0.367 e. The molecule has 20 heavy (non-hydrogen) atoms. The lowest BCUT2D eigenvalue weighted by Gasteiger charge is -2.35. The third-order valence-electron chi connectivity index (χ3n) is 4.39. The first-order valence-electron chi connectivity index (χ1n) is 7.34. The van der Waals surface area contributed by atoms with Gasteiger partial charge in [-0.25, -0.2) is 0 Å². The Morgan fingerprint density at radius 2 is 2.20 bits per heavy atom. The average Bonchev–Trinajstić information content (AvgIpc) is 3.31. The number of nitrogens with one attached hydrogen (secondary N) is 1. The summed E-state index contributed by atoms with van der Waals surface area (Å²) in [6.45, 7) is 3.26. The summed E-state index contributed by atoms with van der Waals surface area (Å²) in [5.74, 6) is 0.898. The average molecular weight is 332 g/mol. The van der Waals surface area contributed by atoms with Crippen molar-refractivity contribution < 1.29 is 0 Å². The highest BCUT2D eigenvalue weighted by Gasteiger charge is 2.34. The molecule has 3 nitrogen and oxygen atoms in total. The van der Waals surface area contributed by atoms with E-state index in [9.17, 15) is 0 Å².